The zero-order chi connectivity index (χ0) is 14.5. The Kier molecular flexibility index (Phi) is 4.65. The molecule has 1 aromatic heterocycles. The third-order valence-electron chi connectivity index (χ3n) is 2.53. The van der Waals surface area contributed by atoms with Crippen molar-refractivity contribution in [2.24, 2.45) is 10.9 Å². The number of nitrogens with two attached hydrogens (primary N) is 1. The van der Waals surface area contributed by atoms with E-state index in [0.717, 1.165) is 0 Å². The number of pyridine rings is 1. The quantitative estimate of drug-likeness (QED) is 0.393. The van der Waals surface area contributed by atoms with Gasteiger partial charge in [0.2, 0.25) is 0 Å². The molecule has 0 amide bonds. The van der Waals surface area contributed by atoms with E-state index in [2.05, 4.69) is 10.1 Å². The van der Waals surface area contributed by atoms with Gasteiger partial charge >= 0.3 is 0 Å². The summed E-state index contributed by atoms with van der Waals surface area (Å²) in [6.07, 6.45) is 1.54. The first-order chi connectivity index (χ1) is 9.63. The van der Waals surface area contributed by atoms with Gasteiger partial charge in [0.25, 0.3) is 0 Å². The van der Waals surface area contributed by atoms with Gasteiger partial charge in [0.05, 0.1) is 10.0 Å². The van der Waals surface area contributed by atoms with Crippen LogP contribution in [0.1, 0.15) is 11.3 Å². The number of halogens is 2. The van der Waals surface area contributed by atoms with E-state index in [9.17, 15) is 0 Å². The van der Waals surface area contributed by atoms with Crippen LogP contribution in [0.2, 0.25) is 10.0 Å². The van der Waals surface area contributed by atoms with Crippen molar-refractivity contribution in [1.29, 1.82) is 0 Å². The molecule has 5 nitrogen and oxygen atoms in total. The first-order valence-electron chi connectivity index (χ1n) is 5.62. The largest absolute Gasteiger partial charge is 0.486 e. The van der Waals surface area contributed by atoms with Gasteiger partial charge in [0.15, 0.2) is 11.6 Å². The van der Waals surface area contributed by atoms with Gasteiger partial charge in [-0.05, 0) is 18.2 Å². The summed E-state index contributed by atoms with van der Waals surface area (Å²) in [7, 11) is 0. The summed E-state index contributed by atoms with van der Waals surface area (Å²) >= 11 is 12.0. The van der Waals surface area contributed by atoms with Crippen LogP contribution < -0.4 is 10.5 Å². The van der Waals surface area contributed by atoms with Crippen LogP contribution >= 0.6 is 23.2 Å². The fourth-order valence-corrected chi connectivity index (χ4v) is 2.11. The lowest BCUT2D eigenvalue weighted by Crippen LogP contribution is -2.18. The van der Waals surface area contributed by atoms with Crippen LogP contribution in [-0.2, 0) is 6.61 Å². The Morgan fingerprint density at radius 1 is 1.25 bits per heavy atom. The number of hydrogen-bond acceptors (Lipinski definition) is 4. The molecule has 0 aliphatic carbocycles. The van der Waals surface area contributed by atoms with Crippen molar-refractivity contribution >= 4 is 29.0 Å². The fraction of sp³-hybridized carbons (Fsp3) is 0.0769. The lowest BCUT2D eigenvalue weighted by Gasteiger charge is -2.11. The molecule has 0 aliphatic rings. The first kappa shape index (κ1) is 14.4. The number of hydrogen-bond donors (Lipinski definition) is 2. The van der Waals surface area contributed by atoms with Gasteiger partial charge in [-0.2, -0.15) is 0 Å². The number of amidine groups is 1. The topological polar surface area (TPSA) is 80.7 Å². The Labute approximate surface area is 125 Å². The van der Waals surface area contributed by atoms with E-state index in [1.807, 2.05) is 0 Å². The van der Waals surface area contributed by atoms with Crippen LogP contribution in [0.15, 0.2) is 41.7 Å². The Bertz CT molecular complexity index is 627. The number of rotatable bonds is 4. The van der Waals surface area contributed by atoms with Crippen molar-refractivity contribution in [2.45, 2.75) is 6.61 Å². The standard InChI is InChI=1S/C13H11Cl2N3O2/c14-9-4-1-5-10(15)12(9)20-7-8-3-2-6-17-11(8)13(16)18-19/h1-6,19H,7H2,(H2,16,18). The summed E-state index contributed by atoms with van der Waals surface area (Å²) in [4.78, 5) is 4.04. The molecule has 20 heavy (non-hydrogen) atoms. The molecule has 3 N–H and O–H groups in total. The summed E-state index contributed by atoms with van der Waals surface area (Å²) in [5.74, 6) is 0.291. The summed E-state index contributed by atoms with van der Waals surface area (Å²) in [5, 5.41) is 12.5. The molecule has 0 saturated carbocycles. The summed E-state index contributed by atoms with van der Waals surface area (Å²) in [5.41, 5.74) is 6.55. The van der Waals surface area contributed by atoms with Gasteiger partial charge in [-0.1, -0.05) is 40.5 Å². The average molecular weight is 312 g/mol. The van der Waals surface area contributed by atoms with Crippen molar-refractivity contribution < 1.29 is 9.94 Å². The molecule has 1 aromatic carbocycles. The maximum absolute atomic E-state index is 8.73. The molecule has 0 fully saturated rings. The van der Waals surface area contributed by atoms with Crippen molar-refractivity contribution in [3.63, 3.8) is 0 Å². The second-order valence-corrected chi connectivity index (χ2v) is 4.65. The highest BCUT2D eigenvalue weighted by molar-refractivity contribution is 6.37. The predicted octanol–water partition coefficient (Wildman–Crippen LogP) is 3.06. The lowest BCUT2D eigenvalue weighted by atomic mass is 10.2. The minimum atomic E-state index is -0.0885. The van der Waals surface area contributed by atoms with Crippen molar-refractivity contribution in [3.05, 3.63) is 57.8 Å². The van der Waals surface area contributed by atoms with E-state index in [4.69, 9.17) is 38.9 Å². The molecule has 0 bridgehead atoms. The number of aromatic nitrogens is 1. The van der Waals surface area contributed by atoms with Gasteiger partial charge in [0.1, 0.15) is 12.3 Å². The highest BCUT2D eigenvalue weighted by Gasteiger charge is 2.11. The molecule has 1 heterocycles. The van der Waals surface area contributed by atoms with Crippen LogP contribution in [0.5, 0.6) is 5.75 Å². The molecule has 0 aliphatic heterocycles. The van der Waals surface area contributed by atoms with Gasteiger partial charge < -0.3 is 15.7 Å². The smallest absolute Gasteiger partial charge is 0.189 e. The van der Waals surface area contributed by atoms with Crippen LogP contribution in [0.25, 0.3) is 0 Å². The highest BCUT2D eigenvalue weighted by Crippen LogP contribution is 2.33. The molecule has 2 rings (SSSR count). The van der Waals surface area contributed by atoms with Crippen molar-refractivity contribution in [2.75, 3.05) is 0 Å². The molecule has 104 valence electrons. The number of oxime groups is 1. The first-order valence-corrected chi connectivity index (χ1v) is 6.37. The molecular weight excluding hydrogens is 301 g/mol. The molecule has 0 radical (unpaired) electrons. The third-order valence-corrected chi connectivity index (χ3v) is 3.13. The zero-order valence-corrected chi connectivity index (χ0v) is 11.8. The van der Waals surface area contributed by atoms with Crippen LogP contribution in [0.4, 0.5) is 0 Å². The molecular formula is C13H11Cl2N3O2. The van der Waals surface area contributed by atoms with Crippen LogP contribution in [0.3, 0.4) is 0 Å². The second-order valence-electron chi connectivity index (χ2n) is 3.84. The maximum atomic E-state index is 8.73. The lowest BCUT2D eigenvalue weighted by molar-refractivity contribution is 0.305. The minimum absolute atomic E-state index is 0.0885. The van der Waals surface area contributed by atoms with Gasteiger partial charge in [-0.25, -0.2) is 0 Å². The fourth-order valence-electron chi connectivity index (χ4n) is 1.60. The van der Waals surface area contributed by atoms with Crippen molar-refractivity contribution in [1.82, 2.24) is 4.98 Å². The van der Waals surface area contributed by atoms with E-state index in [0.29, 0.717) is 27.1 Å². The molecule has 0 atom stereocenters. The molecule has 0 spiro atoms. The second kappa shape index (κ2) is 6.45. The Morgan fingerprint density at radius 2 is 1.95 bits per heavy atom. The van der Waals surface area contributed by atoms with Gasteiger partial charge in [-0.15, -0.1) is 0 Å². The predicted molar refractivity (Wildman–Crippen MR) is 77.5 cm³/mol. The third kappa shape index (κ3) is 3.12. The monoisotopic (exact) mass is 311 g/mol. The van der Waals surface area contributed by atoms with E-state index in [1.54, 1.807) is 36.5 Å². The summed E-state index contributed by atoms with van der Waals surface area (Å²) in [6.45, 7) is 0.142. The number of nitrogens with zero attached hydrogens (tertiary/aromatic N) is 2. The van der Waals surface area contributed by atoms with E-state index < -0.39 is 0 Å². The van der Waals surface area contributed by atoms with E-state index in [1.165, 1.54) is 0 Å². The number of para-hydroxylation sites is 1. The summed E-state index contributed by atoms with van der Waals surface area (Å²) in [6, 6.07) is 8.56. The zero-order valence-electron chi connectivity index (χ0n) is 10.3. The van der Waals surface area contributed by atoms with E-state index >= 15 is 0 Å². The molecule has 0 unspecified atom stereocenters. The number of ether oxygens (including phenoxy) is 1. The van der Waals surface area contributed by atoms with E-state index in [-0.39, 0.29) is 12.4 Å². The van der Waals surface area contributed by atoms with Gasteiger partial charge in [-0.3, -0.25) is 4.98 Å². The number of benzene rings is 1. The minimum Gasteiger partial charge on any atom is -0.486 e. The average Bonchev–Trinajstić information content (AvgIpc) is 2.46. The normalized spacial score (nSPS) is 11.4. The van der Waals surface area contributed by atoms with Gasteiger partial charge in [0, 0.05) is 11.8 Å². The SMILES string of the molecule is NC(=NO)c1ncccc1COc1c(Cl)cccc1Cl. The highest BCUT2D eigenvalue weighted by atomic mass is 35.5. The van der Waals surface area contributed by atoms with Crippen LogP contribution in [0, 0.1) is 0 Å². The Hall–Kier alpha value is -1.98. The molecule has 7 heteroatoms. The molecule has 2 aromatic rings. The Morgan fingerprint density at radius 3 is 2.60 bits per heavy atom. The maximum Gasteiger partial charge on any atom is 0.189 e. The Balaban J connectivity index is 2.24. The molecule has 0 saturated heterocycles. The van der Waals surface area contributed by atoms with Crippen LogP contribution in [-0.4, -0.2) is 16.0 Å². The summed E-state index contributed by atoms with van der Waals surface area (Å²) < 4.78 is 5.59. The van der Waals surface area contributed by atoms with Crippen molar-refractivity contribution in [3.8, 4) is 5.75 Å².